The molecule has 6 heteroatoms. The maximum absolute atomic E-state index is 12.8. The van der Waals surface area contributed by atoms with Gasteiger partial charge in [-0.15, -0.1) is 0 Å². The van der Waals surface area contributed by atoms with E-state index in [4.69, 9.17) is 0 Å². The number of amidine groups is 1. The first kappa shape index (κ1) is 16.0. The fourth-order valence-corrected chi connectivity index (χ4v) is 1.85. The number of alkyl halides is 3. The van der Waals surface area contributed by atoms with Crippen molar-refractivity contribution in [3.63, 3.8) is 0 Å². The van der Waals surface area contributed by atoms with Crippen molar-refractivity contribution in [3.05, 3.63) is 59.9 Å². The second-order valence-electron chi connectivity index (χ2n) is 5.02. The van der Waals surface area contributed by atoms with Crippen LogP contribution in [0.15, 0.2) is 53.8 Å². The van der Waals surface area contributed by atoms with Crippen molar-refractivity contribution in [2.75, 3.05) is 5.32 Å². The zero-order chi connectivity index (χ0) is 16.2. The third kappa shape index (κ3) is 4.31. The summed E-state index contributed by atoms with van der Waals surface area (Å²) in [4.78, 5) is 8.43. The second kappa shape index (κ2) is 6.60. The largest absolute Gasteiger partial charge is 0.416 e. The van der Waals surface area contributed by atoms with Crippen LogP contribution in [0.4, 0.5) is 18.9 Å². The molecule has 1 aromatic heterocycles. The Labute approximate surface area is 126 Å². The molecule has 0 bridgehead atoms. The number of aromatic nitrogens is 1. The van der Waals surface area contributed by atoms with Crippen LogP contribution in [0.5, 0.6) is 0 Å². The van der Waals surface area contributed by atoms with Crippen LogP contribution in [0.2, 0.25) is 0 Å². The summed E-state index contributed by atoms with van der Waals surface area (Å²) in [6, 6.07) is 8.57. The van der Waals surface area contributed by atoms with Crippen LogP contribution >= 0.6 is 0 Å². The van der Waals surface area contributed by atoms with Crippen molar-refractivity contribution in [2.24, 2.45) is 4.99 Å². The Balaban J connectivity index is 2.33. The third-order valence-corrected chi connectivity index (χ3v) is 2.77. The Bertz CT molecular complexity index is 649. The summed E-state index contributed by atoms with van der Waals surface area (Å²) in [5, 5.41) is 2.95. The highest BCUT2D eigenvalue weighted by molar-refractivity contribution is 6.08. The fraction of sp³-hybridized carbons (Fsp3) is 0.250. The minimum absolute atomic E-state index is 0.00601. The molecule has 1 heterocycles. The zero-order valence-electron chi connectivity index (χ0n) is 12.2. The van der Waals surface area contributed by atoms with Crippen LogP contribution in [-0.4, -0.2) is 16.9 Å². The Hall–Kier alpha value is -2.37. The van der Waals surface area contributed by atoms with Crippen molar-refractivity contribution in [3.8, 4) is 0 Å². The summed E-state index contributed by atoms with van der Waals surface area (Å²) >= 11 is 0. The van der Waals surface area contributed by atoms with Gasteiger partial charge in [-0.25, -0.2) is 0 Å². The number of nitrogens with zero attached hydrogens (tertiary/aromatic N) is 2. The van der Waals surface area contributed by atoms with Crippen molar-refractivity contribution < 1.29 is 13.2 Å². The molecule has 0 aliphatic heterocycles. The van der Waals surface area contributed by atoms with E-state index in [-0.39, 0.29) is 6.04 Å². The van der Waals surface area contributed by atoms with Crippen molar-refractivity contribution >= 4 is 11.5 Å². The normalized spacial score (nSPS) is 12.5. The maximum Gasteiger partial charge on any atom is 0.416 e. The second-order valence-corrected chi connectivity index (χ2v) is 5.02. The van der Waals surface area contributed by atoms with E-state index in [9.17, 15) is 13.2 Å². The molecule has 0 aliphatic carbocycles. The monoisotopic (exact) mass is 307 g/mol. The molecule has 0 spiro atoms. The van der Waals surface area contributed by atoms with Crippen LogP contribution in [-0.2, 0) is 6.18 Å². The average molecular weight is 307 g/mol. The molecule has 0 aliphatic rings. The first-order valence-corrected chi connectivity index (χ1v) is 6.79. The summed E-state index contributed by atoms with van der Waals surface area (Å²) in [7, 11) is 0. The molecule has 116 valence electrons. The highest BCUT2D eigenvalue weighted by Crippen LogP contribution is 2.30. The summed E-state index contributed by atoms with van der Waals surface area (Å²) in [6.45, 7) is 3.79. The number of rotatable bonds is 3. The van der Waals surface area contributed by atoms with Gasteiger partial charge >= 0.3 is 6.18 Å². The molecule has 1 aromatic carbocycles. The lowest BCUT2D eigenvalue weighted by Gasteiger charge is -2.13. The SMILES string of the molecule is CC(C)N=C(Nc1cccc(C(F)(F)F)c1)c1cccnc1. The smallest absolute Gasteiger partial charge is 0.340 e. The molecule has 1 N–H and O–H groups in total. The van der Waals surface area contributed by atoms with Crippen LogP contribution in [0.3, 0.4) is 0 Å². The van der Waals surface area contributed by atoms with E-state index >= 15 is 0 Å². The average Bonchev–Trinajstić information content (AvgIpc) is 2.46. The Morgan fingerprint density at radius 3 is 2.55 bits per heavy atom. The lowest BCUT2D eigenvalue weighted by atomic mass is 10.2. The number of nitrogens with one attached hydrogen (secondary N) is 1. The summed E-state index contributed by atoms with van der Waals surface area (Å²) < 4.78 is 38.3. The summed E-state index contributed by atoms with van der Waals surface area (Å²) in [6.07, 6.45) is -1.13. The predicted octanol–water partition coefficient (Wildman–Crippen LogP) is 4.37. The Morgan fingerprint density at radius 2 is 1.95 bits per heavy atom. The number of hydrogen-bond donors (Lipinski definition) is 1. The predicted molar refractivity (Wildman–Crippen MR) is 81.0 cm³/mol. The molecule has 0 saturated heterocycles. The van der Waals surface area contributed by atoms with Crippen LogP contribution < -0.4 is 5.32 Å². The standard InChI is InChI=1S/C16H16F3N3/c1-11(2)21-15(12-5-4-8-20-10-12)22-14-7-3-6-13(9-14)16(17,18)19/h3-11H,1-2H3,(H,21,22). The Kier molecular flexibility index (Phi) is 4.80. The van der Waals surface area contributed by atoms with E-state index in [0.717, 1.165) is 12.1 Å². The number of benzene rings is 1. The molecule has 2 aromatic rings. The molecule has 0 radical (unpaired) electrons. The van der Waals surface area contributed by atoms with Crippen LogP contribution in [0.1, 0.15) is 25.0 Å². The van der Waals surface area contributed by atoms with Gasteiger partial charge in [0.15, 0.2) is 0 Å². The van der Waals surface area contributed by atoms with E-state index < -0.39 is 11.7 Å². The van der Waals surface area contributed by atoms with Crippen molar-refractivity contribution in [1.82, 2.24) is 4.98 Å². The van der Waals surface area contributed by atoms with E-state index in [0.29, 0.717) is 17.1 Å². The number of hydrogen-bond acceptors (Lipinski definition) is 2. The molecule has 0 amide bonds. The van der Waals surface area contributed by atoms with E-state index in [1.165, 1.54) is 6.07 Å². The van der Waals surface area contributed by atoms with Gasteiger partial charge in [0.25, 0.3) is 0 Å². The van der Waals surface area contributed by atoms with Gasteiger partial charge in [-0.05, 0) is 44.2 Å². The van der Waals surface area contributed by atoms with E-state index in [1.54, 1.807) is 30.6 Å². The third-order valence-electron chi connectivity index (χ3n) is 2.77. The lowest BCUT2D eigenvalue weighted by Crippen LogP contribution is -2.17. The van der Waals surface area contributed by atoms with Gasteiger partial charge in [0.1, 0.15) is 5.84 Å². The first-order chi connectivity index (χ1) is 10.4. The fourth-order valence-electron chi connectivity index (χ4n) is 1.85. The quantitative estimate of drug-likeness (QED) is 0.675. The molecule has 0 atom stereocenters. The highest BCUT2D eigenvalue weighted by Gasteiger charge is 2.30. The summed E-state index contributed by atoms with van der Waals surface area (Å²) in [5.41, 5.74) is 0.347. The van der Waals surface area contributed by atoms with E-state index in [1.807, 2.05) is 13.8 Å². The molecule has 22 heavy (non-hydrogen) atoms. The minimum Gasteiger partial charge on any atom is -0.340 e. The van der Waals surface area contributed by atoms with Crippen molar-refractivity contribution in [1.29, 1.82) is 0 Å². The lowest BCUT2D eigenvalue weighted by molar-refractivity contribution is -0.137. The topological polar surface area (TPSA) is 37.3 Å². The number of anilines is 1. The van der Waals surface area contributed by atoms with Crippen molar-refractivity contribution in [2.45, 2.75) is 26.1 Å². The van der Waals surface area contributed by atoms with E-state index in [2.05, 4.69) is 15.3 Å². The number of aliphatic imine (C=N–C) groups is 1. The van der Waals surface area contributed by atoms with Gasteiger partial charge in [0.2, 0.25) is 0 Å². The van der Waals surface area contributed by atoms with Gasteiger partial charge < -0.3 is 5.32 Å². The number of halogens is 3. The Morgan fingerprint density at radius 1 is 1.18 bits per heavy atom. The zero-order valence-corrected chi connectivity index (χ0v) is 12.2. The molecular formula is C16H16F3N3. The van der Waals surface area contributed by atoms with Gasteiger partial charge in [0, 0.05) is 29.7 Å². The molecule has 0 unspecified atom stereocenters. The first-order valence-electron chi connectivity index (χ1n) is 6.79. The molecule has 0 saturated carbocycles. The molecule has 3 nitrogen and oxygen atoms in total. The van der Waals surface area contributed by atoms with Gasteiger partial charge in [-0.1, -0.05) is 6.07 Å². The van der Waals surface area contributed by atoms with Gasteiger partial charge in [0.05, 0.1) is 5.56 Å². The molecule has 2 rings (SSSR count). The maximum atomic E-state index is 12.8. The highest BCUT2D eigenvalue weighted by atomic mass is 19.4. The van der Waals surface area contributed by atoms with Gasteiger partial charge in [-0.3, -0.25) is 9.98 Å². The molecular weight excluding hydrogens is 291 g/mol. The molecule has 0 fully saturated rings. The van der Waals surface area contributed by atoms with Crippen LogP contribution in [0.25, 0.3) is 0 Å². The summed E-state index contributed by atoms with van der Waals surface area (Å²) in [5.74, 6) is 0.488. The van der Waals surface area contributed by atoms with Crippen LogP contribution in [0, 0.1) is 0 Å². The van der Waals surface area contributed by atoms with Gasteiger partial charge in [-0.2, -0.15) is 13.2 Å². The minimum atomic E-state index is -4.37. The number of pyridine rings is 1.